The Kier molecular flexibility index (Phi) is 3.88. The lowest BCUT2D eigenvalue weighted by Gasteiger charge is -2.08. The lowest BCUT2D eigenvalue weighted by atomic mass is 10.2. The fourth-order valence-electron chi connectivity index (χ4n) is 1.54. The van der Waals surface area contributed by atoms with Gasteiger partial charge in [-0.05, 0) is 29.8 Å². The molecule has 2 rings (SSSR count). The molecule has 4 heteroatoms. The van der Waals surface area contributed by atoms with Crippen molar-refractivity contribution in [1.29, 1.82) is 5.26 Å². The van der Waals surface area contributed by atoms with Gasteiger partial charge in [-0.15, -0.1) is 0 Å². The molecule has 0 saturated heterocycles. The molecule has 0 radical (unpaired) electrons. The summed E-state index contributed by atoms with van der Waals surface area (Å²) in [6, 6.07) is 14.1. The van der Waals surface area contributed by atoms with E-state index in [4.69, 9.17) is 5.26 Å². The van der Waals surface area contributed by atoms with Crippen LogP contribution in [-0.4, -0.2) is 10.2 Å². The summed E-state index contributed by atoms with van der Waals surface area (Å²) in [6.45, 7) is -0.0517. The number of nitriles is 1. The van der Waals surface area contributed by atoms with Gasteiger partial charge in [-0.2, -0.15) is 5.26 Å². The van der Waals surface area contributed by atoms with Gasteiger partial charge in [0.15, 0.2) is 0 Å². The van der Waals surface area contributed by atoms with E-state index in [2.05, 4.69) is 6.07 Å². The second-order valence-electron chi connectivity index (χ2n) is 3.66. The molecular weight excluding hydrogens is 246 g/mol. The van der Waals surface area contributed by atoms with Crippen LogP contribution in [0, 0.1) is 11.3 Å². The summed E-state index contributed by atoms with van der Waals surface area (Å²) in [5, 5.41) is 27.7. The smallest absolute Gasteiger partial charge is 0.116 e. The van der Waals surface area contributed by atoms with Crippen LogP contribution < -0.4 is 0 Å². The van der Waals surface area contributed by atoms with Crippen molar-refractivity contribution >= 4 is 11.8 Å². The fraction of sp³-hybridized carbons (Fsp3) is 0.0714. The molecule has 2 N–H and O–H groups in total. The molecule has 0 amide bonds. The van der Waals surface area contributed by atoms with Crippen molar-refractivity contribution < 1.29 is 10.2 Å². The number of benzene rings is 2. The van der Waals surface area contributed by atoms with E-state index < -0.39 is 0 Å². The van der Waals surface area contributed by atoms with E-state index in [9.17, 15) is 10.2 Å². The standard InChI is InChI=1S/C14H11NO2S/c15-8-10-5-6-12(17)7-14(10)18-13-4-2-1-3-11(13)9-16/h1-7,16-17H,9H2. The van der Waals surface area contributed by atoms with E-state index in [0.29, 0.717) is 10.5 Å². The Morgan fingerprint density at radius 2 is 1.89 bits per heavy atom. The quantitative estimate of drug-likeness (QED) is 0.887. The minimum Gasteiger partial charge on any atom is -0.508 e. The molecule has 0 fully saturated rings. The Bertz CT molecular complexity index is 605. The third-order valence-corrected chi connectivity index (χ3v) is 3.62. The molecule has 0 saturated carbocycles. The Morgan fingerprint density at radius 3 is 2.61 bits per heavy atom. The van der Waals surface area contributed by atoms with E-state index in [0.717, 1.165) is 10.5 Å². The lowest BCUT2D eigenvalue weighted by Crippen LogP contribution is -1.88. The third-order valence-electron chi connectivity index (χ3n) is 2.45. The van der Waals surface area contributed by atoms with Gasteiger partial charge in [0.05, 0.1) is 12.2 Å². The van der Waals surface area contributed by atoms with E-state index in [1.165, 1.54) is 17.8 Å². The van der Waals surface area contributed by atoms with Gasteiger partial charge in [0.2, 0.25) is 0 Å². The summed E-state index contributed by atoms with van der Waals surface area (Å²) in [4.78, 5) is 1.56. The molecule has 2 aromatic carbocycles. The van der Waals surface area contributed by atoms with Crippen LogP contribution in [0.1, 0.15) is 11.1 Å². The van der Waals surface area contributed by atoms with Crippen LogP contribution in [0.25, 0.3) is 0 Å². The first-order valence-corrected chi connectivity index (χ1v) is 6.16. The highest BCUT2D eigenvalue weighted by molar-refractivity contribution is 7.99. The molecule has 0 aliphatic carbocycles. The van der Waals surface area contributed by atoms with Crippen molar-refractivity contribution in [3.63, 3.8) is 0 Å². The Balaban J connectivity index is 2.40. The Labute approximate surface area is 109 Å². The summed E-state index contributed by atoms with van der Waals surface area (Å²) >= 11 is 1.36. The molecule has 2 aromatic rings. The maximum Gasteiger partial charge on any atom is 0.116 e. The van der Waals surface area contributed by atoms with Crippen LogP contribution in [0.15, 0.2) is 52.3 Å². The molecule has 0 aliphatic heterocycles. The van der Waals surface area contributed by atoms with Crippen LogP contribution in [0.3, 0.4) is 0 Å². The highest BCUT2D eigenvalue weighted by Gasteiger charge is 2.08. The van der Waals surface area contributed by atoms with Gasteiger partial charge in [0.25, 0.3) is 0 Å². The third kappa shape index (κ3) is 2.65. The van der Waals surface area contributed by atoms with Gasteiger partial charge >= 0.3 is 0 Å². The van der Waals surface area contributed by atoms with Crippen molar-refractivity contribution in [2.75, 3.05) is 0 Å². The SMILES string of the molecule is N#Cc1ccc(O)cc1Sc1ccccc1CO. The fourth-order valence-corrected chi connectivity index (χ4v) is 2.59. The normalized spacial score (nSPS) is 10.0. The van der Waals surface area contributed by atoms with Crippen molar-refractivity contribution in [3.05, 3.63) is 53.6 Å². The van der Waals surface area contributed by atoms with Crippen molar-refractivity contribution in [1.82, 2.24) is 0 Å². The highest BCUT2D eigenvalue weighted by atomic mass is 32.2. The number of hydrogen-bond donors (Lipinski definition) is 2. The molecule has 3 nitrogen and oxygen atoms in total. The molecule has 0 aliphatic rings. The number of nitrogens with zero attached hydrogens (tertiary/aromatic N) is 1. The van der Waals surface area contributed by atoms with E-state index in [-0.39, 0.29) is 12.4 Å². The highest BCUT2D eigenvalue weighted by Crippen LogP contribution is 2.34. The second-order valence-corrected chi connectivity index (χ2v) is 4.74. The number of aromatic hydroxyl groups is 1. The van der Waals surface area contributed by atoms with Crippen LogP contribution in [-0.2, 0) is 6.61 Å². The molecule has 0 spiro atoms. The topological polar surface area (TPSA) is 64.2 Å². The van der Waals surface area contributed by atoms with Gasteiger partial charge in [-0.1, -0.05) is 30.0 Å². The first-order chi connectivity index (χ1) is 8.74. The first kappa shape index (κ1) is 12.5. The van der Waals surface area contributed by atoms with Crippen molar-refractivity contribution in [2.45, 2.75) is 16.4 Å². The molecule has 90 valence electrons. The molecule has 0 atom stereocenters. The maximum absolute atomic E-state index is 9.47. The van der Waals surface area contributed by atoms with Crippen LogP contribution >= 0.6 is 11.8 Å². The van der Waals surface area contributed by atoms with Gasteiger partial charge in [0.1, 0.15) is 11.8 Å². The van der Waals surface area contributed by atoms with E-state index in [1.54, 1.807) is 12.1 Å². The van der Waals surface area contributed by atoms with Crippen molar-refractivity contribution in [2.24, 2.45) is 0 Å². The van der Waals surface area contributed by atoms with Crippen LogP contribution in [0.2, 0.25) is 0 Å². The van der Waals surface area contributed by atoms with Gasteiger partial charge in [-0.3, -0.25) is 0 Å². The molecule has 18 heavy (non-hydrogen) atoms. The van der Waals surface area contributed by atoms with Gasteiger partial charge < -0.3 is 10.2 Å². The number of phenolic OH excluding ortho intramolecular Hbond substituents is 1. The number of aliphatic hydroxyl groups excluding tert-OH is 1. The van der Waals surface area contributed by atoms with Crippen molar-refractivity contribution in [3.8, 4) is 11.8 Å². The zero-order valence-electron chi connectivity index (χ0n) is 9.50. The van der Waals surface area contributed by atoms with Crippen LogP contribution in [0.5, 0.6) is 5.75 Å². The average molecular weight is 257 g/mol. The van der Waals surface area contributed by atoms with Crippen LogP contribution in [0.4, 0.5) is 0 Å². The summed E-state index contributed by atoms with van der Waals surface area (Å²) in [5.74, 6) is 0.123. The van der Waals surface area contributed by atoms with Gasteiger partial charge in [0, 0.05) is 9.79 Å². The van der Waals surface area contributed by atoms with E-state index in [1.807, 2.05) is 24.3 Å². The molecule has 0 aromatic heterocycles. The van der Waals surface area contributed by atoms with E-state index >= 15 is 0 Å². The predicted molar refractivity (Wildman–Crippen MR) is 69.3 cm³/mol. The summed E-state index contributed by atoms with van der Waals surface area (Å²) in [5.41, 5.74) is 1.31. The minimum absolute atomic E-state index is 0.0517. The molecular formula is C14H11NO2S. The summed E-state index contributed by atoms with van der Waals surface area (Å²) in [6.07, 6.45) is 0. The maximum atomic E-state index is 9.47. The summed E-state index contributed by atoms with van der Waals surface area (Å²) < 4.78 is 0. The Hall–Kier alpha value is -1.96. The molecule has 0 bridgehead atoms. The lowest BCUT2D eigenvalue weighted by molar-refractivity contribution is 0.279. The Morgan fingerprint density at radius 1 is 1.11 bits per heavy atom. The number of hydrogen-bond acceptors (Lipinski definition) is 4. The summed E-state index contributed by atoms with van der Waals surface area (Å²) in [7, 11) is 0. The second kappa shape index (κ2) is 5.58. The average Bonchev–Trinajstić information content (AvgIpc) is 2.40. The monoisotopic (exact) mass is 257 g/mol. The first-order valence-electron chi connectivity index (χ1n) is 5.34. The minimum atomic E-state index is -0.0517. The number of rotatable bonds is 3. The zero-order valence-corrected chi connectivity index (χ0v) is 10.3. The largest absolute Gasteiger partial charge is 0.508 e. The molecule has 0 unspecified atom stereocenters. The molecule has 0 heterocycles. The number of aliphatic hydroxyl groups is 1. The predicted octanol–water partition coefficient (Wildman–Crippen LogP) is 2.91. The van der Waals surface area contributed by atoms with Gasteiger partial charge in [-0.25, -0.2) is 0 Å². The zero-order chi connectivity index (χ0) is 13.0. The number of phenols is 1.